The van der Waals surface area contributed by atoms with Crippen LogP contribution < -0.4 is 10.6 Å². The zero-order valence-corrected chi connectivity index (χ0v) is 10.6. The van der Waals surface area contributed by atoms with Crippen LogP contribution in [0.3, 0.4) is 0 Å². The molecule has 3 N–H and O–H groups in total. The summed E-state index contributed by atoms with van der Waals surface area (Å²) in [7, 11) is 1.53. The van der Waals surface area contributed by atoms with Crippen LogP contribution in [0.15, 0.2) is 5.16 Å². The van der Waals surface area contributed by atoms with Crippen molar-refractivity contribution < 1.29 is 19.5 Å². The van der Waals surface area contributed by atoms with Gasteiger partial charge in [-0.05, 0) is 13.5 Å². The fourth-order valence-corrected chi connectivity index (χ4v) is 1.61. The Morgan fingerprint density at radius 2 is 2.33 bits per heavy atom. The number of nitrogens with zero attached hydrogens (tertiary/aromatic N) is 1. The minimum absolute atomic E-state index is 0.0544. The number of carboxylic acid groups (broad SMARTS) is 1. The van der Waals surface area contributed by atoms with Crippen molar-refractivity contribution in [3.63, 3.8) is 0 Å². The molecule has 1 rings (SSSR count). The number of rotatable bonds is 7. The van der Waals surface area contributed by atoms with Gasteiger partial charge in [-0.25, -0.2) is 0 Å². The molecule has 0 spiro atoms. The summed E-state index contributed by atoms with van der Waals surface area (Å²) in [5.74, 6) is -1.22. The van der Waals surface area contributed by atoms with Crippen molar-refractivity contribution in [2.75, 3.05) is 13.6 Å². The van der Waals surface area contributed by atoms with Gasteiger partial charge in [-0.1, -0.05) is 12.1 Å². The number of likely N-dealkylation sites (N-methyl/N-ethyl adjacent to an activating group) is 1. The maximum atomic E-state index is 11.6. The van der Waals surface area contributed by atoms with E-state index in [-0.39, 0.29) is 25.0 Å². The average Bonchev–Trinajstić information content (AvgIpc) is 2.77. The van der Waals surface area contributed by atoms with E-state index in [0.29, 0.717) is 6.42 Å². The number of aliphatic carboxylic acids is 1. The Morgan fingerprint density at radius 3 is 2.83 bits per heavy atom. The van der Waals surface area contributed by atoms with Crippen LogP contribution in [0.4, 0.5) is 0 Å². The number of hydrogen-bond acceptors (Lipinski definition) is 5. The Morgan fingerprint density at radius 1 is 1.61 bits per heavy atom. The van der Waals surface area contributed by atoms with Crippen LogP contribution in [-0.2, 0) is 14.4 Å². The second kappa shape index (κ2) is 6.95. The minimum atomic E-state index is -0.994. The van der Waals surface area contributed by atoms with Crippen molar-refractivity contribution in [3.8, 4) is 0 Å². The van der Waals surface area contributed by atoms with Crippen LogP contribution in [0.2, 0.25) is 0 Å². The second-order valence-electron chi connectivity index (χ2n) is 4.13. The zero-order valence-electron chi connectivity index (χ0n) is 10.6. The van der Waals surface area contributed by atoms with Gasteiger partial charge in [0, 0.05) is 13.0 Å². The van der Waals surface area contributed by atoms with Crippen LogP contribution in [-0.4, -0.2) is 48.4 Å². The molecule has 1 heterocycles. The molecule has 2 atom stereocenters. The van der Waals surface area contributed by atoms with E-state index in [1.54, 1.807) is 0 Å². The largest absolute Gasteiger partial charge is 0.480 e. The van der Waals surface area contributed by atoms with Crippen LogP contribution in [0, 0.1) is 0 Å². The Hall–Kier alpha value is -1.63. The number of nitrogens with one attached hydrogen (secondary N) is 2. The summed E-state index contributed by atoms with van der Waals surface area (Å²) < 4.78 is 0. The van der Waals surface area contributed by atoms with Gasteiger partial charge in [-0.15, -0.1) is 0 Å². The van der Waals surface area contributed by atoms with Gasteiger partial charge in [0.2, 0.25) is 5.91 Å². The summed E-state index contributed by atoms with van der Waals surface area (Å²) in [5, 5.41) is 17.8. The molecule has 7 nitrogen and oxygen atoms in total. The molecule has 1 aliphatic heterocycles. The van der Waals surface area contributed by atoms with E-state index in [4.69, 9.17) is 9.94 Å². The Balaban J connectivity index is 2.24. The number of hydrogen-bond donors (Lipinski definition) is 3. The number of carbonyl (C=O) groups is 2. The van der Waals surface area contributed by atoms with Gasteiger partial charge < -0.3 is 20.6 Å². The van der Waals surface area contributed by atoms with E-state index in [2.05, 4.69) is 15.8 Å². The Bertz CT molecular complexity index is 343. The first-order valence-corrected chi connectivity index (χ1v) is 5.95. The van der Waals surface area contributed by atoms with Gasteiger partial charge in [-0.3, -0.25) is 9.59 Å². The summed E-state index contributed by atoms with van der Waals surface area (Å²) >= 11 is 0. The fourth-order valence-electron chi connectivity index (χ4n) is 1.61. The molecule has 0 aliphatic carbocycles. The van der Waals surface area contributed by atoms with Crippen LogP contribution >= 0.6 is 0 Å². The lowest BCUT2D eigenvalue weighted by molar-refractivity contribution is -0.139. The molecule has 0 bridgehead atoms. The third kappa shape index (κ3) is 4.33. The highest BCUT2D eigenvalue weighted by molar-refractivity contribution is 5.86. The van der Waals surface area contributed by atoms with Gasteiger partial charge in [-0.2, -0.15) is 0 Å². The average molecular weight is 257 g/mol. The van der Waals surface area contributed by atoms with Crippen LogP contribution in [0.25, 0.3) is 0 Å². The SMILES string of the molecule is CCC1=NOC(CC(=O)NCC(NC)C(=O)O)C1. The topological polar surface area (TPSA) is 100 Å². The standard InChI is InChI=1S/C11H19N3O4/c1-3-7-4-8(18-14-7)5-10(15)13-6-9(12-2)11(16)17/h8-9,12H,3-6H2,1-2H3,(H,13,15)(H,16,17). The zero-order chi connectivity index (χ0) is 13.5. The summed E-state index contributed by atoms with van der Waals surface area (Å²) in [6.45, 7) is 2.04. The summed E-state index contributed by atoms with van der Waals surface area (Å²) in [6, 6.07) is -0.777. The highest BCUT2D eigenvalue weighted by Crippen LogP contribution is 2.15. The molecule has 0 saturated carbocycles. The smallest absolute Gasteiger partial charge is 0.322 e. The minimum Gasteiger partial charge on any atom is -0.480 e. The molecular formula is C11H19N3O4. The Kier molecular flexibility index (Phi) is 5.57. The van der Waals surface area contributed by atoms with Gasteiger partial charge in [0.25, 0.3) is 0 Å². The summed E-state index contributed by atoms with van der Waals surface area (Å²) in [6.07, 6.45) is 1.46. The Labute approximate surface area is 106 Å². The van der Waals surface area contributed by atoms with Gasteiger partial charge in [0.05, 0.1) is 12.1 Å². The monoisotopic (exact) mass is 257 g/mol. The van der Waals surface area contributed by atoms with Crippen molar-refractivity contribution >= 4 is 17.6 Å². The van der Waals surface area contributed by atoms with E-state index < -0.39 is 12.0 Å². The van der Waals surface area contributed by atoms with Gasteiger partial charge >= 0.3 is 5.97 Å². The predicted octanol–water partition coefficient (Wildman–Crippen LogP) is -0.280. The van der Waals surface area contributed by atoms with Crippen LogP contribution in [0.1, 0.15) is 26.2 Å². The molecule has 0 aromatic carbocycles. The first-order chi connectivity index (χ1) is 8.56. The molecule has 0 saturated heterocycles. The van der Waals surface area contributed by atoms with Gasteiger partial charge in [0.15, 0.2) is 0 Å². The molecule has 0 fully saturated rings. The normalized spacial score (nSPS) is 19.9. The first-order valence-electron chi connectivity index (χ1n) is 5.95. The molecule has 0 radical (unpaired) electrons. The maximum absolute atomic E-state index is 11.6. The molecule has 1 aliphatic rings. The number of oxime groups is 1. The lowest BCUT2D eigenvalue weighted by Crippen LogP contribution is -2.44. The quantitative estimate of drug-likeness (QED) is 0.582. The lowest BCUT2D eigenvalue weighted by Gasteiger charge is -2.13. The third-order valence-corrected chi connectivity index (χ3v) is 2.77. The van der Waals surface area contributed by atoms with Crippen molar-refractivity contribution in [1.29, 1.82) is 0 Å². The van der Waals surface area contributed by atoms with Crippen molar-refractivity contribution in [2.45, 2.75) is 38.3 Å². The van der Waals surface area contributed by atoms with Crippen molar-refractivity contribution in [2.24, 2.45) is 5.16 Å². The van der Waals surface area contributed by atoms with Crippen molar-refractivity contribution in [1.82, 2.24) is 10.6 Å². The molecule has 0 aromatic heterocycles. The van der Waals surface area contributed by atoms with Crippen LogP contribution in [0.5, 0.6) is 0 Å². The van der Waals surface area contributed by atoms with Crippen molar-refractivity contribution in [3.05, 3.63) is 0 Å². The molecule has 102 valence electrons. The predicted molar refractivity (Wildman–Crippen MR) is 65.3 cm³/mol. The highest BCUT2D eigenvalue weighted by Gasteiger charge is 2.23. The third-order valence-electron chi connectivity index (χ3n) is 2.77. The molecule has 18 heavy (non-hydrogen) atoms. The summed E-state index contributed by atoms with van der Waals surface area (Å²) in [5.41, 5.74) is 0.950. The van der Waals surface area contributed by atoms with E-state index in [9.17, 15) is 9.59 Å². The van der Waals surface area contributed by atoms with E-state index >= 15 is 0 Å². The molecular weight excluding hydrogens is 238 g/mol. The number of carboxylic acids is 1. The van der Waals surface area contributed by atoms with E-state index in [1.165, 1.54) is 7.05 Å². The molecule has 1 amide bonds. The summed E-state index contributed by atoms with van der Waals surface area (Å²) in [4.78, 5) is 27.4. The lowest BCUT2D eigenvalue weighted by atomic mass is 10.1. The van der Waals surface area contributed by atoms with E-state index in [0.717, 1.165) is 12.1 Å². The highest BCUT2D eigenvalue weighted by atomic mass is 16.6. The second-order valence-corrected chi connectivity index (χ2v) is 4.13. The van der Waals surface area contributed by atoms with Gasteiger partial charge in [0.1, 0.15) is 12.1 Å². The fraction of sp³-hybridized carbons (Fsp3) is 0.727. The first kappa shape index (κ1) is 14.4. The number of amides is 1. The number of carbonyl (C=O) groups excluding carboxylic acids is 1. The maximum Gasteiger partial charge on any atom is 0.322 e. The van der Waals surface area contributed by atoms with E-state index in [1.807, 2.05) is 6.92 Å². The molecule has 0 aromatic rings. The molecule has 7 heteroatoms. The molecule has 2 unspecified atom stereocenters.